The van der Waals surface area contributed by atoms with Gasteiger partial charge in [0, 0.05) is 13.1 Å². The van der Waals surface area contributed by atoms with E-state index >= 15 is 0 Å². The van der Waals surface area contributed by atoms with E-state index in [9.17, 15) is 14.4 Å². The summed E-state index contributed by atoms with van der Waals surface area (Å²) >= 11 is 0. The van der Waals surface area contributed by atoms with Crippen LogP contribution >= 0.6 is 0 Å². The fourth-order valence-electron chi connectivity index (χ4n) is 2.92. The Morgan fingerprint density at radius 3 is 2.38 bits per heavy atom. The van der Waals surface area contributed by atoms with E-state index in [2.05, 4.69) is 16.1 Å². The van der Waals surface area contributed by atoms with Crippen LogP contribution in [0.3, 0.4) is 0 Å². The van der Waals surface area contributed by atoms with Crippen LogP contribution in [0.5, 0.6) is 0 Å². The number of urea groups is 1. The van der Waals surface area contributed by atoms with Gasteiger partial charge in [-0.3, -0.25) is 5.43 Å². The van der Waals surface area contributed by atoms with Gasteiger partial charge in [-0.2, -0.15) is 0 Å². The zero-order valence-corrected chi connectivity index (χ0v) is 16.9. The SMILES string of the molecule is CC(C)(C)OC(=O)N[C@@H]1CN(C(=O)NN)CC[C@@H]1NC(=O)OCc1ccccc1. The summed E-state index contributed by atoms with van der Waals surface area (Å²) < 4.78 is 10.5. The predicted molar refractivity (Wildman–Crippen MR) is 106 cm³/mol. The number of nitrogens with zero attached hydrogens (tertiary/aromatic N) is 1. The molecule has 0 radical (unpaired) electrons. The molecule has 29 heavy (non-hydrogen) atoms. The van der Waals surface area contributed by atoms with Gasteiger partial charge in [-0.1, -0.05) is 30.3 Å². The van der Waals surface area contributed by atoms with Crippen molar-refractivity contribution >= 4 is 18.2 Å². The lowest BCUT2D eigenvalue weighted by atomic mass is 9.99. The highest BCUT2D eigenvalue weighted by Crippen LogP contribution is 2.14. The van der Waals surface area contributed by atoms with Crippen molar-refractivity contribution in [2.45, 2.75) is 51.5 Å². The van der Waals surface area contributed by atoms with Gasteiger partial charge >= 0.3 is 18.2 Å². The maximum atomic E-state index is 12.2. The lowest BCUT2D eigenvalue weighted by Crippen LogP contribution is -2.63. The Hall–Kier alpha value is -3.01. The number of nitrogens with one attached hydrogen (secondary N) is 3. The molecule has 0 unspecified atom stereocenters. The molecule has 10 heteroatoms. The highest BCUT2D eigenvalue weighted by molar-refractivity contribution is 5.74. The number of rotatable bonds is 4. The lowest BCUT2D eigenvalue weighted by molar-refractivity contribution is 0.0454. The molecule has 1 aliphatic rings. The first kappa shape index (κ1) is 22.3. The number of likely N-dealkylation sites (tertiary alicyclic amines) is 1. The van der Waals surface area contributed by atoms with E-state index in [4.69, 9.17) is 15.3 Å². The van der Waals surface area contributed by atoms with Gasteiger partial charge < -0.3 is 25.0 Å². The molecule has 2 atom stereocenters. The Morgan fingerprint density at radius 2 is 1.76 bits per heavy atom. The second kappa shape index (κ2) is 9.97. The van der Waals surface area contributed by atoms with Crippen molar-refractivity contribution in [2.24, 2.45) is 5.84 Å². The Labute approximate surface area is 170 Å². The summed E-state index contributed by atoms with van der Waals surface area (Å²) in [6.07, 6.45) is -0.831. The van der Waals surface area contributed by atoms with Crippen LogP contribution in [0.25, 0.3) is 0 Å². The van der Waals surface area contributed by atoms with Gasteiger partial charge in [-0.15, -0.1) is 0 Å². The normalized spacial score (nSPS) is 19.1. The second-order valence-electron chi connectivity index (χ2n) is 7.75. The molecule has 1 saturated heterocycles. The summed E-state index contributed by atoms with van der Waals surface area (Å²) in [5.41, 5.74) is 2.26. The first-order chi connectivity index (χ1) is 13.7. The van der Waals surface area contributed by atoms with E-state index in [0.717, 1.165) is 5.56 Å². The van der Waals surface area contributed by atoms with Gasteiger partial charge in [-0.05, 0) is 32.8 Å². The zero-order chi connectivity index (χ0) is 21.4. The smallest absolute Gasteiger partial charge is 0.408 e. The molecule has 0 saturated carbocycles. The number of alkyl carbamates (subject to hydrolysis) is 2. The summed E-state index contributed by atoms with van der Waals surface area (Å²) in [5, 5.41) is 5.48. The van der Waals surface area contributed by atoms with Crippen LogP contribution in [0.15, 0.2) is 30.3 Å². The second-order valence-corrected chi connectivity index (χ2v) is 7.75. The first-order valence-corrected chi connectivity index (χ1v) is 9.40. The van der Waals surface area contributed by atoms with Crippen LogP contribution in [-0.2, 0) is 16.1 Å². The predicted octanol–water partition coefficient (Wildman–Crippen LogP) is 1.46. The maximum absolute atomic E-state index is 12.2. The van der Waals surface area contributed by atoms with Gasteiger partial charge in [0.25, 0.3) is 0 Å². The van der Waals surface area contributed by atoms with Crippen molar-refractivity contribution < 1.29 is 23.9 Å². The van der Waals surface area contributed by atoms with E-state index < -0.39 is 35.9 Å². The van der Waals surface area contributed by atoms with Crippen LogP contribution in [0.4, 0.5) is 14.4 Å². The van der Waals surface area contributed by atoms with Crippen molar-refractivity contribution in [1.29, 1.82) is 0 Å². The van der Waals surface area contributed by atoms with Gasteiger partial charge in [0.1, 0.15) is 12.2 Å². The first-order valence-electron chi connectivity index (χ1n) is 9.40. The van der Waals surface area contributed by atoms with Gasteiger partial charge in [0.15, 0.2) is 0 Å². The van der Waals surface area contributed by atoms with E-state index in [0.29, 0.717) is 13.0 Å². The quantitative estimate of drug-likeness (QED) is 0.339. The molecule has 10 nitrogen and oxygen atoms in total. The summed E-state index contributed by atoms with van der Waals surface area (Å²) in [6, 6.07) is 7.82. The number of hydrogen-bond donors (Lipinski definition) is 4. The van der Waals surface area contributed by atoms with E-state index in [-0.39, 0.29) is 13.2 Å². The molecule has 0 aliphatic carbocycles. The zero-order valence-electron chi connectivity index (χ0n) is 16.9. The fourth-order valence-corrected chi connectivity index (χ4v) is 2.92. The highest BCUT2D eigenvalue weighted by Gasteiger charge is 2.34. The summed E-state index contributed by atoms with van der Waals surface area (Å²) in [4.78, 5) is 37.7. The molecule has 4 amide bonds. The molecule has 5 N–H and O–H groups in total. The molecular weight excluding hydrogens is 378 g/mol. The minimum absolute atomic E-state index is 0.130. The van der Waals surface area contributed by atoms with Gasteiger partial charge in [0.05, 0.1) is 12.1 Å². The molecular formula is C19H29N5O5. The standard InChI is InChI=1S/C19H29N5O5/c1-19(2,3)29-18(27)22-15-11-24(16(25)23-20)10-9-14(15)21-17(26)28-12-13-7-5-4-6-8-13/h4-8,14-15H,9-12,20H2,1-3H3,(H,21,26)(H,22,27)(H,23,25)/t14-,15+/m0/s1. The number of ether oxygens (including phenoxy) is 2. The summed E-state index contributed by atoms with van der Waals surface area (Å²) in [6.45, 7) is 5.89. The van der Waals surface area contributed by atoms with E-state index in [1.54, 1.807) is 20.8 Å². The van der Waals surface area contributed by atoms with Crippen molar-refractivity contribution in [3.63, 3.8) is 0 Å². The Kier molecular flexibility index (Phi) is 7.66. The number of amides is 4. The van der Waals surface area contributed by atoms with Crippen molar-refractivity contribution in [3.8, 4) is 0 Å². The summed E-state index contributed by atoms with van der Waals surface area (Å²) in [5.74, 6) is 5.20. The number of hydrazine groups is 1. The van der Waals surface area contributed by atoms with Crippen molar-refractivity contribution in [1.82, 2.24) is 21.0 Å². The number of benzene rings is 1. The number of piperidine rings is 1. The minimum atomic E-state index is -0.676. The molecule has 2 rings (SSSR count). The highest BCUT2D eigenvalue weighted by atomic mass is 16.6. The van der Waals surface area contributed by atoms with Gasteiger partial charge in [0.2, 0.25) is 0 Å². The molecule has 1 heterocycles. The molecule has 1 aromatic rings. The Bertz CT molecular complexity index is 707. The number of hydrogen-bond acceptors (Lipinski definition) is 6. The van der Waals surface area contributed by atoms with Crippen LogP contribution in [0.2, 0.25) is 0 Å². The molecule has 0 bridgehead atoms. The van der Waals surface area contributed by atoms with E-state index in [1.807, 2.05) is 30.3 Å². The summed E-state index contributed by atoms with van der Waals surface area (Å²) in [7, 11) is 0. The largest absolute Gasteiger partial charge is 0.445 e. The average molecular weight is 407 g/mol. The fraction of sp³-hybridized carbons (Fsp3) is 0.526. The number of carbonyl (C=O) groups is 3. The van der Waals surface area contributed by atoms with E-state index in [1.165, 1.54) is 4.90 Å². The molecule has 0 spiro atoms. The molecule has 0 aromatic heterocycles. The van der Waals surface area contributed by atoms with Crippen molar-refractivity contribution in [3.05, 3.63) is 35.9 Å². The topological polar surface area (TPSA) is 135 Å². The number of carbonyl (C=O) groups excluding carboxylic acids is 3. The number of nitrogens with two attached hydrogens (primary N) is 1. The maximum Gasteiger partial charge on any atom is 0.408 e. The third kappa shape index (κ3) is 7.49. The molecule has 1 aliphatic heterocycles. The van der Waals surface area contributed by atoms with Crippen LogP contribution in [-0.4, -0.2) is 53.9 Å². The Balaban J connectivity index is 1.97. The molecule has 1 fully saturated rings. The third-order valence-corrected chi connectivity index (χ3v) is 4.24. The lowest BCUT2D eigenvalue weighted by Gasteiger charge is -2.38. The van der Waals surface area contributed by atoms with Gasteiger partial charge in [-0.25, -0.2) is 20.2 Å². The van der Waals surface area contributed by atoms with Crippen LogP contribution in [0, 0.1) is 0 Å². The molecule has 1 aromatic carbocycles. The van der Waals surface area contributed by atoms with Crippen molar-refractivity contribution in [2.75, 3.05) is 13.1 Å². The molecule has 160 valence electrons. The average Bonchev–Trinajstić information content (AvgIpc) is 2.66. The van der Waals surface area contributed by atoms with Crippen LogP contribution in [0.1, 0.15) is 32.8 Å². The Morgan fingerprint density at radius 1 is 1.10 bits per heavy atom. The monoisotopic (exact) mass is 407 g/mol. The minimum Gasteiger partial charge on any atom is -0.445 e. The third-order valence-electron chi connectivity index (χ3n) is 4.24. The van der Waals surface area contributed by atoms with Crippen LogP contribution < -0.4 is 21.9 Å².